The van der Waals surface area contributed by atoms with E-state index >= 15 is 0 Å². The van der Waals surface area contributed by atoms with E-state index in [1.807, 2.05) is 54.6 Å². The van der Waals surface area contributed by atoms with Crippen LogP contribution in [0.15, 0.2) is 83.3 Å². The summed E-state index contributed by atoms with van der Waals surface area (Å²) in [6.07, 6.45) is 2.19. The number of likely N-dealkylation sites (tertiary alicyclic amines) is 1. The Bertz CT molecular complexity index is 1180. The Hall–Kier alpha value is -3.55. The molecule has 4 nitrogen and oxygen atoms in total. The largest absolute Gasteiger partial charge is 0.490 e. The van der Waals surface area contributed by atoms with Crippen LogP contribution in [-0.2, 0) is 6.54 Å². The Kier molecular flexibility index (Phi) is 5.43. The first-order valence-electron chi connectivity index (χ1n) is 10.7. The van der Waals surface area contributed by atoms with Gasteiger partial charge in [0.05, 0.1) is 11.6 Å². The van der Waals surface area contributed by atoms with Gasteiger partial charge in [0.15, 0.2) is 0 Å². The summed E-state index contributed by atoms with van der Waals surface area (Å²) in [5, 5.41) is 10.4. The van der Waals surface area contributed by atoms with Crippen LogP contribution in [0.1, 0.15) is 24.0 Å². The zero-order valence-electron chi connectivity index (χ0n) is 17.3. The van der Waals surface area contributed by atoms with E-state index in [1.54, 1.807) is 0 Å². The van der Waals surface area contributed by atoms with Gasteiger partial charge in [-0.3, -0.25) is 4.90 Å². The lowest BCUT2D eigenvalue weighted by molar-refractivity contribution is 0.0968. The molecular weight excluding hydrogens is 384 g/mol. The van der Waals surface area contributed by atoms with Crippen LogP contribution < -0.4 is 4.74 Å². The third kappa shape index (κ3) is 4.33. The molecular formula is C27H24N2O2. The molecule has 2 heterocycles. The fourth-order valence-electron chi connectivity index (χ4n) is 4.21. The van der Waals surface area contributed by atoms with Gasteiger partial charge in [0, 0.05) is 30.6 Å². The van der Waals surface area contributed by atoms with Crippen molar-refractivity contribution in [3.8, 4) is 23.1 Å². The first kappa shape index (κ1) is 19.4. The molecule has 0 atom stereocenters. The fraction of sp³-hybridized carbons (Fsp3) is 0.222. The molecule has 0 saturated carbocycles. The number of hydrogen-bond acceptors (Lipinski definition) is 4. The maximum Gasteiger partial charge on any atom is 0.135 e. The molecule has 1 saturated heterocycles. The Morgan fingerprint density at radius 3 is 2.45 bits per heavy atom. The predicted molar refractivity (Wildman–Crippen MR) is 122 cm³/mol. The van der Waals surface area contributed by atoms with Crippen molar-refractivity contribution in [1.29, 1.82) is 5.26 Å². The molecule has 0 N–H and O–H groups in total. The molecule has 0 amide bonds. The van der Waals surface area contributed by atoms with E-state index in [9.17, 15) is 5.26 Å². The number of piperidine rings is 1. The minimum Gasteiger partial charge on any atom is -0.490 e. The number of nitriles is 1. The number of rotatable bonds is 5. The highest BCUT2D eigenvalue weighted by Gasteiger charge is 2.21. The first-order valence-corrected chi connectivity index (χ1v) is 10.7. The van der Waals surface area contributed by atoms with E-state index in [2.05, 4.69) is 35.2 Å². The predicted octanol–water partition coefficient (Wildman–Crippen LogP) is 6.01. The molecule has 0 radical (unpaired) electrons. The Morgan fingerprint density at radius 1 is 0.935 bits per heavy atom. The van der Waals surface area contributed by atoms with Crippen LogP contribution in [0.4, 0.5) is 0 Å². The summed E-state index contributed by atoms with van der Waals surface area (Å²) in [7, 11) is 0. The maximum absolute atomic E-state index is 9.29. The summed E-state index contributed by atoms with van der Waals surface area (Å²) in [5.74, 6) is 1.77. The van der Waals surface area contributed by atoms with Crippen LogP contribution in [0.2, 0.25) is 0 Å². The fourth-order valence-corrected chi connectivity index (χ4v) is 4.21. The molecule has 1 aromatic heterocycles. The molecule has 0 spiro atoms. The number of nitrogens with zero attached hydrogens (tertiary/aromatic N) is 2. The van der Waals surface area contributed by atoms with Gasteiger partial charge in [-0.1, -0.05) is 36.4 Å². The number of ether oxygens (including phenoxy) is 1. The lowest BCUT2D eigenvalue weighted by atomic mass is 10.0. The van der Waals surface area contributed by atoms with Crippen molar-refractivity contribution < 1.29 is 9.15 Å². The van der Waals surface area contributed by atoms with Gasteiger partial charge < -0.3 is 9.15 Å². The Balaban J connectivity index is 1.17. The molecule has 154 valence electrons. The van der Waals surface area contributed by atoms with E-state index in [0.29, 0.717) is 0 Å². The van der Waals surface area contributed by atoms with Crippen LogP contribution in [0.3, 0.4) is 0 Å². The summed E-state index contributed by atoms with van der Waals surface area (Å²) in [6, 6.07) is 28.4. The van der Waals surface area contributed by atoms with E-state index in [4.69, 9.17) is 9.15 Å². The van der Waals surface area contributed by atoms with Gasteiger partial charge in [0.1, 0.15) is 23.2 Å². The molecule has 0 aliphatic carbocycles. The SMILES string of the molecule is N#Cc1ccccc1CN1CCC(Oc2ccc(-c3cc4ccccc4o3)cc2)CC1. The lowest BCUT2D eigenvalue weighted by Gasteiger charge is -2.32. The van der Waals surface area contributed by atoms with Crippen molar-refractivity contribution in [2.75, 3.05) is 13.1 Å². The standard InChI is InChI=1S/C27H24N2O2/c28-18-22-6-1-2-7-23(22)19-29-15-13-25(14-16-29)30-24-11-9-20(10-12-24)27-17-21-5-3-4-8-26(21)31-27/h1-12,17,25H,13-16,19H2. The molecule has 0 bridgehead atoms. The van der Waals surface area contributed by atoms with E-state index in [1.165, 1.54) is 0 Å². The van der Waals surface area contributed by atoms with Crippen LogP contribution in [0.5, 0.6) is 5.75 Å². The third-order valence-electron chi connectivity index (χ3n) is 5.93. The summed E-state index contributed by atoms with van der Waals surface area (Å²) in [6.45, 7) is 2.77. The summed E-state index contributed by atoms with van der Waals surface area (Å²) >= 11 is 0. The van der Waals surface area contributed by atoms with Crippen LogP contribution in [-0.4, -0.2) is 24.1 Å². The maximum atomic E-state index is 9.29. The quantitative estimate of drug-likeness (QED) is 0.405. The van der Waals surface area contributed by atoms with Gasteiger partial charge in [0.2, 0.25) is 0 Å². The lowest BCUT2D eigenvalue weighted by Crippen LogP contribution is -2.37. The molecule has 31 heavy (non-hydrogen) atoms. The first-order chi connectivity index (χ1) is 15.3. The van der Waals surface area contributed by atoms with Crippen LogP contribution in [0, 0.1) is 11.3 Å². The van der Waals surface area contributed by atoms with Crippen LogP contribution in [0.25, 0.3) is 22.3 Å². The molecule has 0 unspecified atom stereocenters. The van der Waals surface area contributed by atoms with Crippen molar-refractivity contribution in [3.63, 3.8) is 0 Å². The second-order valence-corrected chi connectivity index (χ2v) is 8.04. The van der Waals surface area contributed by atoms with Gasteiger partial charge in [-0.25, -0.2) is 0 Å². The minimum atomic E-state index is 0.222. The van der Waals surface area contributed by atoms with Gasteiger partial charge >= 0.3 is 0 Å². The molecule has 1 fully saturated rings. The number of furan rings is 1. The Labute approximate surface area is 182 Å². The number of para-hydroxylation sites is 1. The van der Waals surface area contributed by atoms with Crippen molar-refractivity contribution in [2.45, 2.75) is 25.5 Å². The second-order valence-electron chi connectivity index (χ2n) is 8.04. The number of fused-ring (bicyclic) bond motifs is 1. The summed E-state index contributed by atoms with van der Waals surface area (Å²) in [5.41, 5.74) is 3.83. The average Bonchev–Trinajstić information content (AvgIpc) is 3.26. The van der Waals surface area contributed by atoms with Crippen molar-refractivity contribution in [3.05, 3.63) is 90.0 Å². The molecule has 1 aliphatic rings. The van der Waals surface area contributed by atoms with Gasteiger partial charge in [-0.2, -0.15) is 5.26 Å². The van der Waals surface area contributed by atoms with Crippen molar-refractivity contribution in [1.82, 2.24) is 4.90 Å². The third-order valence-corrected chi connectivity index (χ3v) is 5.93. The second kappa shape index (κ2) is 8.67. The summed E-state index contributed by atoms with van der Waals surface area (Å²) < 4.78 is 12.2. The highest BCUT2D eigenvalue weighted by molar-refractivity contribution is 5.82. The van der Waals surface area contributed by atoms with Gasteiger partial charge in [0.25, 0.3) is 0 Å². The topological polar surface area (TPSA) is 49.4 Å². The smallest absolute Gasteiger partial charge is 0.135 e. The van der Waals surface area contributed by atoms with E-state index < -0.39 is 0 Å². The van der Waals surface area contributed by atoms with E-state index in [0.717, 1.165) is 71.6 Å². The van der Waals surface area contributed by atoms with E-state index in [-0.39, 0.29) is 6.10 Å². The molecule has 3 aromatic carbocycles. The highest BCUT2D eigenvalue weighted by atomic mass is 16.5. The van der Waals surface area contributed by atoms with Crippen LogP contribution >= 0.6 is 0 Å². The normalized spacial score (nSPS) is 15.1. The summed E-state index contributed by atoms with van der Waals surface area (Å²) in [4.78, 5) is 2.40. The minimum absolute atomic E-state index is 0.222. The average molecular weight is 409 g/mol. The monoisotopic (exact) mass is 408 g/mol. The molecule has 1 aliphatic heterocycles. The van der Waals surface area contributed by atoms with Crippen molar-refractivity contribution >= 4 is 11.0 Å². The number of hydrogen-bond donors (Lipinski definition) is 0. The van der Waals surface area contributed by atoms with Gasteiger partial charge in [-0.05, 0) is 60.9 Å². The molecule has 5 rings (SSSR count). The van der Waals surface area contributed by atoms with Gasteiger partial charge in [-0.15, -0.1) is 0 Å². The Morgan fingerprint density at radius 2 is 1.68 bits per heavy atom. The zero-order valence-corrected chi connectivity index (χ0v) is 17.3. The number of benzene rings is 3. The highest BCUT2D eigenvalue weighted by Crippen LogP contribution is 2.29. The zero-order chi connectivity index (χ0) is 21.0. The van der Waals surface area contributed by atoms with Crippen molar-refractivity contribution in [2.24, 2.45) is 0 Å². The molecule has 4 aromatic rings. The molecule has 4 heteroatoms.